The summed E-state index contributed by atoms with van der Waals surface area (Å²) >= 11 is 1.59. The number of carbonyl (C=O) groups excluding carboxylic acids is 1. The molecule has 0 saturated heterocycles. The van der Waals surface area contributed by atoms with Crippen LogP contribution in [-0.4, -0.2) is 5.97 Å². The standard InChI is InChI=1S/C9H12O2S/c1-7(10)11-9(2,3)8-5-4-6-12-8/h4-6H,1-3H3. The molecule has 0 amide bonds. The van der Waals surface area contributed by atoms with E-state index < -0.39 is 5.60 Å². The van der Waals surface area contributed by atoms with Crippen LogP contribution in [0.3, 0.4) is 0 Å². The molecule has 1 aromatic heterocycles. The third-order valence-corrected chi connectivity index (χ3v) is 2.69. The zero-order valence-corrected chi connectivity index (χ0v) is 8.27. The molecule has 0 aliphatic rings. The molecule has 0 radical (unpaired) electrons. The largest absolute Gasteiger partial charge is 0.454 e. The summed E-state index contributed by atoms with van der Waals surface area (Å²) < 4.78 is 5.15. The van der Waals surface area contributed by atoms with Gasteiger partial charge in [0.25, 0.3) is 0 Å². The van der Waals surface area contributed by atoms with E-state index in [9.17, 15) is 4.79 Å². The molecule has 0 aliphatic heterocycles. The lowest BCUT2D eigenvalue weighted by Crippen LogP contribution is -2.22. The number of thiophene rings is 1. The van der Waals surface area contributed by atoms with E-state index >= 15 is 0 Å². The fraction of sp³-hybridized carbons (Fsp3) is 0.444. The van der Waals surface area contributed by atoms with Crippen molar-refractivity contribution in [1.82, 2.24) is 0 Å². The SMILES string of the molecule is CC(=O)OC(C)(C)c1cccs1. The van der Waals surface area contributed by atoms with Crippen molar-refractivity contribution in [2.24, 2.45) is 0 Å². The van der Waals surface area contributed by atoms with Crippen molar-refractivity contribution >= 4 is 17.3 Å². The number of ether oxygens (including phenoxy) is 1. The Balaban J connectivity index is 2.79. The van der Waals surface area contributed by atoms with Gasteiger partial charge in [-0.15, -0.1) is 11.3 Å². The zero-order valence-electron chi connectivity index (χ0n) is 7.46. The summed E-state index contributed by atoms with van der Waals surface area (Å²) in [4.78, 5) is 11.8. The van der Waals surface area contributed by atoms with E-state index in [1.54, 1.807) is 11.3 Å². The molecule has 1 heterocycles. The number of esters is 1. The lowest BCUT2D eigenvalue weighted by atomic mass is 10.1. The van der Waals surface area contributed by atoms with Crippen LogP contribution in [0.4, 0.5) is 0 Å². The maximum atomic E-state index is 10.7. The average molecular weight is 184 g/mol. The van der Waals surface area contributed by atoms with Crippen molar-refractivity contribution in [1.29, 1.82) is 0 Å². The maximum absolute atomic E-state index is 10.7. The third-order valence-electron chi connectivity index (χ3n) is 1.51. The predicted octanol–water partition coefficient (Wildman–Crippen LogP) is 2.55. The van der Waals surface area contributed by atoms with Crippen LogP contribution >= 0.6 is 11.3 Å². The first kappa shape index (κ1) is 9.26. The highest BCUT2D eigenvalue weighted by atomic mass is 32.1. The van der Waals surface area contributed by atoms with Crippen molar-refractivity contribution in [2.45, 2.75) is 26.4 Å². The Morgan fingerprint density at radius 3 is 2.67 bits per heavy atom. The minimum atomic E-state index is -0.486. The molecule has 0 unspecified atom stereocenters. The molecular formula is C9H12O2S. The van der Waals surface area contributed by atoms with Gasteiger partial charge in [-0.2, -0.15) is 0 Å². The second-order valence-corrected chi connectivity index (χ2v) is 4.03. The van der Waals surface area contributed by atoms with Crippen molar-refractivity contribution < 1.29 is 9.53 Å². The van der Waals surface area contributed by atoms with Gasteiger partial charge in [0.05, 0.1) is 0 Å². The molecule has 1 aromatic rings. The van der Waals surface area contributed by atoms with Gasteiger partial charge in [0, 0.05) is 11.8 Å². The van der Waals surface area contributed by atoms with E-state index in [2.05, 4.69) is 0 Å². The number of hydrogen-bond acceptors (Lipinski definition) is 3. The van der Waals surface area contributed by atoms with Crippen LogP contribution in [0.25, 0.3) is 0 Å². The van der Waals surface area contributed by atoms with Crippen LogP contribution in [0.15, 0.2) is 17.5 Å². The van der Waals surface area contributed by atoms with Gasteiger partial charge in [0.2, 0.25) is 0 Å². The summed E-state index contributed by atoms with van der Waals surface area (Å²) in [6.45, 7) is 5.20. The number of hydrogen-bond donors (Lipinski definition) is 0. The lowest BCUT2D eigenvalue weighted by molar-refractivity contribution is -0.154. The predicted molar refractivity (Wildman–Crippen MR) is 49.1 cm³/mol. The van der Waals surface area contributed by atoms with E-state index in [0.717, 1.165) is 4.88 Å². The summed E-state index contributed by atoms with van der Waals surface area (Å²) in [6, 6.07) is 3.92. The van der Waals surface area contributed by atoms with Crippen LogP contribution in [0.1, 0.15) is 25.6 Å². The van der Waals surface area contributed by atoms with E-state index in [0.29, 0.717) is 0 Å². The van der Waals surface area contributed by atoms with Crippen molar-refractivity contribution in [3.05, 3.63) is 22.4 Å². The first-order valence-corrected chi connectivity index (χ1v) is 4.64. The maximum Gasteiger partial charge on any atom is 0.303 e. The van der Waals surface area contributed by atoms with Crippen LogP contribution < -0.4 is 0 Å². The van der Waals surface area contributed by atoms with Crippen LogP contribution in [0.5, 0.6) is 0 Å². The van der Waals surface area contributed by atoms with E-state index in [4.69, 9.17) is 4.74 Å². The Morgan fingerprint density at radius 1 is 1.58 bits per heavy atom. The summed E-state index contributed by atoms with van der Waals surface area (Å²) in [7, 11) is 0. The second kappa shape index (κ2) is 3.27. The van der Waals surface area contributed by atoms with Crippen LogP contribution in [-0.2, 0) is 15.1 Å². The Hall–Kier alpha value is -0.830. The van der Waals surface area contributed by atoms with Gasteiger partial charge in [-0.1, -0.05) is 6.07 Å². The van der Waals surface area contributed by atoms with Crippen molar-refractivity contribution in [3.63, 3.8) is 0 Å². The fourth-order valence-corrected chi connectivity index (χ4v) is 1.82. The zero-order chi connectivity index (χ0) is 9.19. The van der Waals surface area contributed by atoms with Crippen molar-refractivity contribution in [3.8, 4) is 0 Å². The van der Waals surface area contributed by atoms with Crippen molar-refractivity contribution in [2.75, 3.05) is 0 Å². The Labute approximate surface area is 76.2 Å². The molecule has 3 heteroatoms. The quantitative estimate of drug-likeness (QED) is 0.660. The Kier molecular flexibility index (Phi) is 2.52. The molecule has 0 atom stereocenters. The molecule has 0 fully saturated rings. The molecule has 0 saturated carbocycles. The van der Waals surface area contributed by atoms with Crippen LogP contribution in [0.2, 0.25) is 0 Å². The molecule has 12 heavy (non-hydrogen) atoms. The highest BCUT2D eigenvalue weighted by Gasteiger charge is 2.24. The normalized spacial score (nSPS) is 11.2. The van der Waals surface area contributed by atoms with Gasteiger partial charge >= 0.3 is 5.97 Å². The van der Waals surface area contributed by atoms with Gasteiger partial charge in [-0.25, -0.2) is 0 Å². The monoisotopic (exact) mass is 184 g/mol. The van der Waals surface area contributed by atoms with Gasteiger partial charge in [-0.05, 0) is 25.3 Å². The minimum absolute atomic E-state index is 0.242. The van der Waals surface area contributed by atoms with E-state index in [1.807, 2.05) is 31.4 Å². The van der Waals surface area contributed by atoms with E-state index in [1.165, 1.54) is 6.92 Å². The topological polar surface area (TPSA) is 26.3 Å². The second-order valence-electron chi connectivity index (χ2n) is 3.08. The highest BCUT2D eigenvalue weighted by molar-refractivity contribution is 7.10. The van der Waals surface area contributed by atoms with Gasteiger partial charge < -0.3 is 4.74 Å². The molecule has 0 aliphatic carbocycles. The molecular weight excluding hydrogens is 172 g/mol. The first-order valence-electron chi connectivity index (χ1n) is 3.76. The molecule has 0 spiro atoms. The van der Waals surface area contributed by atoms with Crippen LogP contribution in [0, 0.1) is 0 Å². The van der Waals surface area contributed by atoms with Gasteiger partial charge in [-0.3, -0.25) is 4.79 Å². The fourth-order valence-electron chi connectivity index (χ4n) is 1.03. The molecule has 1 rings (SSSR count). The Bertz CT molecular complexity index is 262. The summed E-state index contributed by atoms with van der Waals surface area (Å²) in [5.41, 5.74) is -0.486. The smallest absolute Gasteiger partial charge is 0.303 e. The lowest BCUT2D eigenvalue weighted by Gasteiger charge is -2.22. The molecule has 0 bridgehead atoms. The molecule has 0 aromatic carbocycles. The van der Waals surface area contributed by atoms with Gasteiger partial charge in [0.1, 0.15) is 5.60 Å². The number of rotatable bonds is 2. The first-order chi connectivity index (χ1) is 5.52. The highest BCUT2D eigenvalue weighted by Crippen LogP contribution is 2.28. The number of carbonyl (C=O) groups is 1. The van der Waals surface area contributed by atoms with E-state index in [-0.39, 0.29) is 5.97 Å². The summed E-state index contributed by atoms with van der Waals surface area (Å²) in [5.74, 6) is -0.242. The molecule has 2 nitrogen and oxygen atoms in total. The summed E-state index contributed by atoms with van der Waals surface area (Å²) in [6.07, 6.45) is 0. The summed E-state index contributed by atoms with van der Waals surface area (Å²) in [5, 5.41) is 1.97. The average Bonchev–Trinajstić information content (AvgIpc) is 2.32. The molecule has 0 N–H and O–H groups in total. The van der Waals surface area contributed by atoms with Gasteiger partial charge in [0.15, 0.2) is 0 Å². The molecule has 66 valence electrons. The Morgan fingerprint density at radius 2 is 2.25 bits per heavy atom. The third kappa shape index (κ3) is 2.08. The minimum Gasteiger partial charge on any atom is -0.454 e.